The Labute approximate surface area is 176 Å². The molecule has 0 saturated heterocycles. The fraction of sp³-hybridized carbons (Fsp3) is 0.375. The molecule has 1 amide bonds. The zero-order valence-corrected chi connectivity index (χ0v) is 17.6. The van der Waals surface area contributed by atoms with Crippen molar-refractivity contribution in [3.63, 3.8) is 0 Å². The van der Waals surface area contributed by atoms with E-state index >= 15 is 0 Å². The van der Waals surface area contributed by atoms with Gasteiger partial charge in [0.15, 0.2) is 0 Å². The topological polar surface area (TPSA) is 54.9 Å². The van der Waals surface area contributed by atoms with Crippen LogP contribution in [-0.2, 0) is 4.79 Å². The molecule has 1 N–H and O–H groups in total. The van der Waals surface area contributed by atoms with Crippen LogP contribution in [0.1, 0.15) is 51.0 Å². The van der Waals surface area contributed by atoms with E-state index in [1.54, 1.807) is 18.3 Å². The summed E-state index contributed by atoms with van der Waals surface area (Å²) in [7, 11) is 0. The van der Waals surface area contributed by atoms with Gasteiger partial charge in [0.1, 0.15) is 0 Å². The van der Waals surface area contributed by atoms with Gasteiger partial charge in [-0.05, 0) is 79.0 Å². The molecular weight excluding hydrogens is 382 g/mol. The normalized spacial score (nSPS) is 22.9. The Morgan fingerprint density at radius 1 is 1.14 bits per heavy atom. The Kier molecular flexibility index (Phi) is 5.55. The lowest BCUT2D eigenvalue weighted by Crippen LogP contribution is -2.37. The standard InChI is InChI=1S/C24H26ClN3O/c1-16(23(29)28-19-5-3-18(25)4-6-19)24(2)11-7-17(8-12-24)20-9-14-27-22-10-13-26-15-21(20)22/h3-6,9-10,13-17H,7-8,11-12H2,1-2H3,(H,28,29)/t16-,17?,24?/m1/s1. The predicted molar refractivity (Wildman–Crippen MR) is 118 cm³/mol. The number of benzene rings is 1. The van der Waals surface area contributed by atoms with Gasteiger partial charge in [-0.3, -0.25) is 14.8 Å². The molecule has 5 heteroatoms. The minimum atomic E-state index is -0.0602. The molecule has 1 fully saturated rings. The van der Waals surface area contributed by atoms with E-state index in [0.29, 0.717) is 10.9 Å². The lowest BCUT2D eigenvalue weighted by atomic mass is 9.64. The average molecular weight is 408 g/mol. The van der Waals surface area contributed by atoms with Crippen molar-refractivity contribution in [3.05, 3.63) is 65.6 Å². The number of hydrogen-bond acceptors (Lipinski definition) is 3. The number of amides is 1. The SMILES string of the molecule is C[C@H](C(=O)Nc1ccc(Cl)cc1)C1(C)CCC(c2ccnc3ccncc23)CC1. The number of nitrogens with zero attached hydrogens (tertiary/aromatic N) is 2. The maximum absolute atomic E-state index is 12.9. The Balaban J connectivity index is 1.44. The third kappa shape index (κ3) is 4.13. The van der Waals surface area contributed by atoms with Crippen LogP contribution >= 0.6 is 11.6 Å². The summed E-state index contributed by atoms with van der Waals surface area (Å²) in [4.78, 5) is 21.6. The molecule has 2 aromatic heterocycles. The molecule has 4 rings (SSSR count). The molecule has 2 heterocycles. The maximum atomic E-state index is 12.9. The van der Waals surface area contributed by atoms with Gasteiger partial charge in [-0.2, -0.15) is 0 Å². The van der Waals surface area contributed by atoms with E-state index < -0.39 is 0 Å². The summed E-state index contributed by atoms with van der Waals surface area (Å²) in [6, 6.07) is 11.4. The van der Waals surface area contributed by atoms with Gasteiger partial charge in [-0.25, -0.2) is 0 Å². The van der Waals surface area contributed by atoms with Gasteiger partial charge in [-0.15, -0.1) is 0 Å². The number of aromatic nitrogens is 2. The van der Waals surface area contributed by atoms with E-state index in [1.165, 1.54) is 5.56 Å². The second kappa shape index (κ2) is 8.11. The first-order valence-corrected chi connectivity index (χ1v) is 10.6. The molecule has 0 radical (unpaired) electrons. The quantitative estimate of drug-likeness (QED) is 0.558. The van der Waals surface area contributed by atoms with Crippen LogP contribution in [0.15, 0.2) is 55.0 Å². The van der Waals surface area contributed by atoms with Crippen LogP contribution < -0.4 is 5.32 Å². The van der Waals surface area contributed by atoms with Gasteiger partial charge < -0.3 is 5.32 Å². The molecule has 1 aliphatic carbocycles. The molecule has 0 aliphatic heterocycles. The average Bonchev–Trinajstić information content (AvgIpc) is 2.75. The number of rotatable bonds is 4. The molecule has 1 saturated carbocycles. The number of carbonyl (C=O) groups is 1. The molecule has 0 bridgehead atoms. The van der Waals surface area contributed by atoms with E-state index in [1.807, 2.05) is 30.6 Å². The van der Waals surface area contributed by atoms with Gasteiger partial charge in [0.05, 0.1) is 5.52 Å². The molecule has 1 aliphatic rings. The molecule has 150 valence electrons. The van der Waals surface area contributed by atoms with Crippen molar-refractivity contribution >= 4 is 34.1 Å². The summed E-state index contributed by atoms with van der Waals surface area (Å²) in [5.74, 6) is 0.506. The first kappa shape index (κ1) is 19.8. The number of nitrogens with one attached hydrogen (secondary N) is 1. The van der Waals surface area contributed by atoms with Gasteiger partial charge in [0.25, 0.3) is 0 Å². The minimum Gasteiger partial charge on any atom is -0.326 e. The smallest absolute Gasteiger partial charge is 0.227 e. The number of pyridine rings is 2. The summed E-state index contributed by atoms with van der Waals surface area (Å²) in [5, 5.41) is 4.86. The fourth-order valence-corrected chi connectivity index (χ4v) is 4.61. The second-order valence-electron chi connectivity index (χ2n) is 8.44. The van der Waals surface area contributed by atoms with Crippen molar-refractivity contribution in [2.45, 2.75) is 45.4 Å². The Hall–Kier alpha value is -2.46. The van der Waals surface area contributed by atoms with Gasteiger partial charge in [0.2, 0.25) is 5.91 Å². The molecule has 0 unspecified atom stereocenters. The lowest BCUT2D eigenvalue weighted by molar-refractivity contribution is -0.123. The fourth-order valence-electron chi connectivity index (χ4n) is 4.49. The molecule has 1 aromatic carbocycles. The Bertz CT molecular complexity index is 1000. The van der Waals surface area contributed by atoms with E-state index in [-0.39, 0.29) is 17.2 Å². The Morgan fingerprint density at radius 3 is 2.59 bits per heavy atom. The van der Waals surface area contributed by atoms with Crippen molar-refractivity contribution in [3.8, 4) is 0 Å². The number of anilines is 1. The summed E-state index contributed by atoms with van der Waals surface area (Å²) in [5.41, 5.74) is 3.12. The van der Waals surface area contributed by atoms with Crippen LogP contribution in [0.2, 0.25) is 5.02 Å². The third-order valence-corrected chi connectivity index (χ3v) is 6.95. The van der Waals surface area contributed by atoms with E-state index in [9.17, 15) is 4.79 Å². The van der Waals surface area contributed by atoms with Crippen LogP contribution in [0.5, 0.6) is 0 Å². The first-order valence-electron chi connectivity index (χ1n) is 10.2. The van der Waals surface area contributed by atoms with E-state index in [4.69, 9.17) is 11.6 Å². The van der Waals surface area contributed by atoms with E-state index in [2.05, 4.69) is 35.2 Å². The summed E-state index contributed by atoms with van der Waals surface area (Å²) < 4.78 is 0. The first-order chi connectivity index (χ1) is 14.0. The Morgan fingerprint density at radius 2 is 1.86 bits per heavy atom. The number of carbonyl (C=O) groups excluding carboxylic acids is 1. The molecule has 4 nitrogen and oxygen atoms in total. The second-order valence-corrected chi connectivity index (χ2v) is 8.88. The predicted octanol–water partition coefficient (Wildman–Crippen LogP) is 6.22. The number of hydrogen-bond donors (Lipinski definition) is 1. The van der Waals surface area contributed by atoms with Crippen LogP contribution in [0.3, 0.4) is 0 Å². The largest absolute Gasteiger partial charge is 0.326 e. The molecule has 3 aromatic rings. The summed E-state index contributed by atoms with van der Waals surface area (Å²) in [6.07, 6.45) is 9.80. The molecule has 29 heavy (non-hydrogen) atoms. The van der Waals surface area contributed by atoms with Gasteiger partial charge >= 0.3 is 0 Å². The highest BCUT2D eigenvalue weighted by molar-refractivity contribution is 6.30. The van der Waals surface area contributed by atoms with Crippen LogP contribution in [0.4, 0.5) is 5.69 Å². The summed E-state index contributed by atoms with van der Waals surface area (Å²) >= 11 is 5.93. The molecule has 1 atom stereocenters. The molecular formula is C24H26ClN3O. The molecule has 0 spiro atoms. The summed E-state index contributed by atoms with van der Waals surface area (Å²) in [6.45, 7) is 4.30. The number of fused-ring (bicyclic) bond motifs is 1. The lowest BCUT2D eigenvalue weighted by Gasteiger charge is -2.41. The number of halogens is 1. The van der Waals surface area contributed by atoms with Crippen LogP contribution in [-0.4, -0.2) is 15.9 Å². The van der Waals surface area contributed by atoms with Crippen molar-refractivity contribution in [1.29, 1.82) is 0 Å². The maximum Gasteiger partial charge on any atom is 0.227 e. The van der Waals surface area contributed by atoms with Crippen LogP contribution in [0, 0.1) is 11.3 Å². The highest BCUT2D eigenvalue weighted by Gasteiger charge is 2.39. The highest BCUT2D eigenvalue weighted by Crippen LogP contribution is 2.48. The van der Waals surface area contributed by atoms with Crippen molar-refractivity contribution < 1.29 is 4.79 Å². The van der Waals surface area contributed by atoms with E-state index in [0.717, 1.165) is 42.3 Å². The zero-order valence-electron chi connectivity index (χ0n) is 16.9. The zero-order chi connectivity index (χ0) is 20.4. The van der Waals surface area contributed by atoms with Crippen molar-refractivity contribution in [2.24, 2.45) is 11.3 Å². The van der Waals surface area contributed by atoms with Crippen molar-refractivity contribution in [2.75, 3.05) is 5.32 Å². The highest BCUT2D eigenvalue weighted by atomic mass is 35.5. The van der Waals surface area contributed by atoms with Crippen LogP contribution in [0.25, 0.3) is 10.9 Å². The monoisotopic (exact) mass is 407 g/mol. The van der Waals surface area contributed by atoms with Gasteiger partial charge in [-0.1, -0.05) is 25.4 Å². The van der Waals surface area contributed by atoms with Gasteiger partial charge in [0, 0.05) is 40.6 Å². The third-order valence-electron chi connectivity index (χ3n) is 6.69. The minimum absolute atomic E-state index is 0.00586. The van der Waals surface area contributed by atoms with Crippen molar-refractivity contribution in [1.82, 2.24) is 9.97 Å².